The molecule has 0 radical (unpaired) electrons. The lowest BCUT2D eigenvalue weighted by molar-refractivity contribution is -0.142. The van der Waals surface area contributed by atoms with E-state index in [2.05, 4.69) is 4.74 Å². The summed E-state index contributed by atoms with van der Waals surface area (Å²) in [5.74, 6) is 0.200. The molecule has 0 aliphatic rings. The Morgan fingerprint density at radius 2 is 1.75 bits per heavy atom. The fourth-order valence-corrected chi connectivity index (χ4v) is 1.32. The molecular weight excluding hydrogens is 208 g/mol. The van der Waals surface area contributed by atoms with Crippen LogP contribution >= 0.6 is 0 Å². The quantitative estimate of drug-likeness (QED) is 0.713. The highest BCUT2D eigenvalue weighted by molar-refractivity contribution is 5.76. The normalized spacial score (nSPS) is 14.0. The number of hydrogen-bond donors (Lipinski definition) is 2. The minimum absolute atomic E-state index is 0.525. The van der Waals surface area contributed by atoms with Gasteiger partial charge in [-0.25, -0.2) is 0 Å². The standard InChI is InChI=1S/C11H16N2O3/c1-15-8-5-3-7(4-6-8)9(12)10(13)11(14)16-2/h3-6,9-10H,12-13H2,1-2H3/t9-,10+/m0/s1. The summed E-state index contributed by atoms with van der Waals surface area (Å²) in [5.41, 5.74) is 12.2. The lowest BCUT2D eigenvalue weighted by atomic mass is 10.0. The Morgan fingerprint density at radius 3 is 2.19 bits per heavy atom. The molecular formula is C11H16N2O3. The van der Waals surface area contributed by atoms with Crippen LogP contribution < -0.4 is 16.2 Å². The molecule has 0 unspecified atom stereocenters. The van der Waals surface area contributed by atoms with Crippen molar-refractivity contribution < 1.29 is 14.3 Å². The van der Waals surface area contributed by atoms with E-state index in [1.165, 1.54) is 7.11 Å². The van der Waals surface area contributed by atoms with Gasteiger partial charge in [0.2, 0.25) is 0 Å². The van der Waals surface area contributed by atoms with Crippen molar-refractivity contribution in [3.8, 4) is 5.75 Å². The first kappa shape index (κ1) is 12.5. The number of carbonyl (C=O) groups is 1. The van der Waals surface area contributed by atoms with Gasteiger partial charge in [-0.2, -0.15) is 0 Å². The molecule has 5 nitrogen and oxygen atoms in total. The van der Waals surface area contributed by atoms with Gasteiger partial charge in [0.15, 0.2) is 0 Å². The van der Waals surface area contributed by atoms with Gasteiger partial charge in [0.1, 0.15) is 11.8 Å². The molecule has 0 aliphatic carbocycles. The molecule has 0 fully saturated rings. The van der Waals surface area contributed by atoms with Crippen molar-refractivity contribution in [1.82, 2.24) is 0 Å². The first-order valence-electron chi connectivity index (χ1n) is 4.83. The molecule has 0 heterocycles. The molecule has 1 aromatic rings. The molecule has 16 heavy (non-hydrogen) atoms. The summed E-state index contributed by atoms with van der Waals surface area (Å²) < 4.78 is 9.55. The number of methoxy groups -OCH3 is 2. The molecule has 5 heteroatoms. The maximum absolute atomic E-state index is 11.2. The number of carbonyl (C=O) groups excluding carboxylic acids is 1. The molecule has 0 bridgehead atoms. The van der Waals surface area contributed by atoms with Crippen LogP contribution in [0.2, 0.25) is 0 Å². The van der Waals surface area contributed by atoms with E-state index < -0.39 is 18.1 Å². The number of nitrogens with two attached hydrogens (primary N) is 2. The molecule has 0 amide bonds. The fourth-order valence-electron chi connectivity index (χ4n) is 1.32. The maximum Gasteiger partial charge on any atom is 0.324 e. The first-order valence-corrected chi connectivity index (χ1v) is 4.83. The second-order valence-corrected chi connectivity index (χ2v) is 3.35. The van der Waals surface area contributed by atoms with Crippen LogP contribution in [0.25, 0.3) is 0 Å². The van der Waals surface area contributed by atoms with Crippen molar-refractivity contribution in [2.45, 2.75) is 12.1 Å². The molecule has 1 aromatic carbocycles. The molecule has 0 saturated heterocycles. The van der Waals surface area contributed by atoms with E-state index in [4.69, 9.17) is 16.2 Å². The van der Waals surface area contributed by atoms with Crippen LogP contribution in [0.4, 0.5) is 0 Å². The predicted molar refractivity (Wildman–Crippen MR) is 59.9 cm³/mol. The highest BCUT2D eigenvalue weighted by Gasteiger charge is 2.23. The zero-order chi connectivity index (χ0) is 12.1. The summed E-state index contributed by atoms with van der Waals surface area (Å²) in [6.45, 7) is 0. The Kier molecular flexibility index (Phi) is 4.28. The Labute approximate surface area is 94.3 Å². The number of rotatable bonds is 4. The summed E-state index contributed by atoms with van der Waals surface area (Å²) in [5, 5.41) is 0. The van der Waals surface area contributed by atoms with E-state index in [0.717, 1.165) is 11.3 Å². The van der Waals surface area contributed by atoms with Crippen LogP contribution in [0.3, 0.4) is 0 Å². The van der Waals surface area contributed by atoms with Crippen molar-refractivity contribution in [3.63, 3.8) is 0 Å². The minimum atomic E-state index is -0.863. The smallest absolute Gasteiger partial charge is 0.324 e. The van der Waals surface area contributed by atoms with Gasteiger partial charge in [0.25, 0.3) is 0 Å². The summed E-state index contributed by atoms with van der Waals surface area (Å²) in [6, 6.07) is 5.62. The van der Waals surface area contributed by atoms with Gasteiger partial charge in [-0.05, 0) is 17.7 Å². The summed E-state index contributed by atoms with van der Waals surface area (Å²) in [6.07, 6.45) is 0. The van der Waals surface area contributed by atoms with Gasteiger partial charge in [-0.15, -0.1) is 0 Å². The van der Waals surface area contributed by atoms with Crippen molar-refractivity contribution >= 4 is 5.97 Å². The Balaban J connectivity index is 2.79. The van der Waals surface area contributed by atoms with Crippen LogP contribution in [0.15, 0.2) is 24.3 Å². The van der Waals surface area contributed by atoms with Crippen LogP contribution in [0, 0.1) is 0 Å². The van der Waals surface area contributed by atoms with Crippen molar-refractivity contribution in [3.05, 3.63) is 29.8 Å². The van der Waals surface area contributed by atoms with Crippen molar-refractivity contribution in [2.24, 2.45) is 11.5 Å². The third kappa shape index (κ3) is 2.71. The highest BCUT2D eigenvalue weighted by Crippen LogP contribution is 2.18. The Hall–Kier alpha value is -1.59. The Bertz CT molecular complexity index is 351. The summed E-state index contributed by atoms with van der Waals surface area (Å²) >= 11 is 0. The third-order valence-electron chi connectivity index (χ3n) is 2.36. The predicted octanol–water partition coefficient (Wildman–Crippen LogP) is 0.195. The number of esters is 1. The maximum atomic E-state index is 11.2. The van der Waals surface area contributed by atoms with Gasteiger partial charge in [0.05, 0.1) is 20.3 Å². The average molecular weight is 224 g/mol. The van der Waals surface area contributed by atoms with Gasteiger partial charge in [0, 0.05) is 0 Å². The van der Waals surface area contributed by atoms with E-state index >= 15 is 0 Å². The number of hydrogen-bond acceptors (Lipinski definition) is 5. The first-order chi connectivity index (χ1) is 7.60. The molecule has 88 valence electrons. The largest absolute Gasteiger partial charge is 0.497 e. The zero-order valence-corrected chi connectivity index (χ0v) is 9.34. The van der Waals surface area contributed by atoms with Crippen molar-refractivity contribution in [2.75, 3.05) is 14.2 Å². The van der Waals surface area contributed by atoms with E-state index in [1.807, 2.05) is 0 Å². The fraction of sp³-hybridized carbons (Fsp3) is 0.364. The second kappa shape index (κ2) is 5.48. The van der Waals surface area contributed by atoms with Crippen LogP contribution in [-0.2, 0) is 9.53 Å². The van der Waals surface area contributed by atoms with E-state index in [0.29, 0.717) is 0 Å². The Morgan fingerprint density at radius 1 is 1.19 bits per heavy atom. The van der Waals surface area contributed by atoms with Gasteiger partial charge in [-0.3, -0.25) is 4.79 Å². The SMILES string of the molecule is COC(=O)[C@H](N)[C@@H](N)c1ccc(OC)cc1. The van der Waals surface area contributed by atoms with Gasteiger partial charge >= 0.3 is 5.97 Å². The number of benzene rings is 1. The minimum Gasteiger partial charge on any atom is -0.497 e. The lowest BCUT2D eigenvalue weighted by Crippen LogP contribution is -2.41. The topological polar surface area (TPSA) is 87.6 Å². The number of ether oxygens (including phenoxy) is 2. The summed E-state index contributed by atoms with van der Waals surface area (Å²) in [4.78, 5) is 11.2. The van der Waals surface area contributed by atoms with E-state index in [9.17, 15) is 4.79 Å². The third-order valence-corrected chi connectivity index (χ3v) is 2.36. The van der Waals surface area contributed by atoms with Crippen LogP contribution in [0.5, 0.6) is 5.75 Å². The van der Waals surface area contributed by atoms with Crippen LogP contribution in [0.1, 0.15) is 11.6 Å². The van der Waals surface area contributed by atoms with Gasteiger partial charge < -0.3 is 20.9 Å². The second-order valence-electron chi connectivity index (χ2n) is 3.35. The summed E-state index contributed by atoms with van der Waals surface area (Å²) in [7, 11) is 2.86. The monoisotopic (exact) mass is 224 g/mol. The van der Waals surface area contributed by atoms with Crippen LogP contribution in [-0.4, -0.2) is 26.2 Å². The van der Waals surface area contributed by atoms with Gasteiger partial charge in [-0.1, -0.05) is 12.1 Å². The molecule has 0 saturated carbocycles. The highest BCUT2D eigenvalue weighted by atomic mass is 16.5. The van der Waals surface area contributed by atoms with E-state index in [-0.39, 0.29) is 0 Å². The molecule has 0 spiro atoms. The molecule has 1 rings (SSSR count). The molecule has 4 N–H and O–H groups in total. The van der Waals surface area contributed by atoms with E-state index in [1.54, 1.807) is 31.4 Å². The molecule has 0 aliphatic heterocycles. The molecule has 0 aromatic heterocycles. The van der Waals surface area contributed by atoms with Crippen molar-refractivity contribution in [1.29, 1.82) is 0 Å². The average Bonchev–Trinajstić information content (AvgIpc) is 2.36. The lowest BCUT2D eigenvalue weighted by Gasteiger charge is -2.18. The molecule has 2 atom stereocenters. The zero-order valence-electron chi connectivity index (χ0n) is 9.34.